The van der Waals surface area contributed by atoms with E-state index in [4.69, 9.17) is 4.98 Å². The smallest absolute Gasteiger partial charge is 0.0992 e. The van der Waals surface area contributed by atoms with E-state index >= 15 is 0 Å². The second-order valence-electron chi connectivity index (χ2n) is 8.19. The van der Waals surface area contributed by atoms with Crippen LogP contribution in [0.4, 0.5) is 0 Å². The van der Waals surface area contributed by atoms with Gasteiger partial charge in [0.2, 0.25) is 0 Å². The number of hydrogen-bond acceptors (Lipinski definition) is 2. The predicted molar refractivity (Wildman–Crippen MR) is 93.6 cm³/mol. The molecular formula is C19H27NS. The molecule has 114 valence electrons. The van der Waals surface area contributed by atoms with Crippen molar-refractivity contribution in [3.8, 4) is 0 Å². The van der Waals surface area contributed by atoms with E-state index in [0.717, 1.165) is 5.92 Å². The summed E-state index contributed by atoms with van der Waals surface area (Å²) in [6, 6.07) is 4.85. The number of benzene rings is 1. The van der Waals surface area contributed by atoms with E-state index in [0.29, 0.717) is 0 Å². The summed E-state index contributed by atoms with van der Waals surface area (Å²) in [4.78, 5) is 5.01. The van der Waals surface area contributed by atoms with Crippen LogP contribution < -0.4 is 0 Å². The Morgan fingerprint density at radius 1 is 1.14 bits per heavy atom. The van der Waals surface area contributed by atoms with Crippen LogP contribution >= 0.6 is 11.3 Å². The standard InChI is InChI=1S/C19H27NS/c1-7-19(5,6)13-10-14(12-8-9-12)16-15(11-13)21-17(20-16)18(2,3)4/h10-12H,7-9H2,1-6H3. The Hall–Kier alpha value is -0.890. The fraction of sp³-hybridized carbons (Fsp3) is 0.632. The molecule has 2 heteroatoms. The van der Waals surface area contributed by atoms with Crippen molar-refractivity contribution in [3.05, 3.63) is 28.3 Å². The Bertz CT molecular complexity index is 669. The first-order chi connectivity index (χ1) is 9.72. The lowest BCUT2D eigenvalue weighted by Crippen LogP contribution is -2.15. The number of fused-ring (bicyclic) bond motifs is 1. The lowest BCUT2D eigenvalue weighted by atomic mass is 9.81. The van der Waals surface area contributed by atoms with E-state index in [-0.39, 0.29) is 10.8 Å². The quantitative estimate of drug-likeness (QED) is 0.661. The minimum Gasteiger partial charge on any atom is -0.240 e. The molecule has 0 aliphatic heterocycles. The first-order valence-corrected chi connectivity index (χ1v) is 8.99. The van der Waals surface area contributed by atoms with Gasteiger partial charge in [0, 0.05) is 5.41 Å². The van der Waals surface area contributed by atoms with Crippen molar-refractivity contribution in [2.75, 3.05) is 0 Å². The molecule has 0 saturated heterocycles. The maximum atomic E-state index is 5.01. The van der Waals surface area contributed by atoms with Crippen molar-refractivity contribution < 1.29 is 0 Å². The van der Waals surface area contributed by atoms with Crippen molar-refractivity contribution in [1.29, 1.82) is 0 Å². The maximum Gasteiger partial charge on any atom is 0.0992 e. The summed E-state index contributed by atoms with van der Waals surface area (Å²) >= 11 is 1.89. The number of nitrogens with zero attached hydrogens (tertiary/aromatic N) is 1. The lowest BCUT2D eigenvalue weighted by molar-refractivity contribution is 0.506. The van der Waals surface area contributed by atoms with Gasteiger partial charge in [-0.05, 0) is 47.8 Å². The van der Waals surface area contributed by atoms with Crippen molar-refractivity contribution >= 4 is 21.6 Å². The van der Waals surface area contributed by atoms with E-state index in [1.54, 1.807) is 0 Å². The summed E-state index contributed by atoms with van der Waals surface area (Å²) in [7, 11) is 0. The van der Waals surface area contributed by atoms with E-state index < -0.39 is 0 Å². The molecule has 21 heavy (non-hydrogen) atoms. The molecule has 0 N–H and O–H groups in total. The summed E-state index contributed by atoms with van der Waals surface area (Å²) in [5, 5.41) is 1.27. The zero-order valence-electron chi connectivity index (χ0n) is 14.2. The summed E-state index contributed by atoms with van der Waals surface area (Å²) < 4.78 is 1.39. The van der Waals surface area contributed by atoms with Gasteiger partial charge in [0.05, 0.1) is 15.2 Å². The lowest BCUT2D eigenvalue weighted by Gasteiger charge is -2.24. The van der Waals surface area contributed by atoms with Crippen molar-refractivity contribution in [3.63, 3.8) is 0 Å². The number of hydrogen-bond donors (Lipinski definition) is 0. The SMILES string of the molecule is CCC(C)(C)c1cc(C2CC2)c2nc(C(C)(C)C)sc2c1. The number of aromatic nitrogens is 1. The highest BCUT2D eigenvalue weighted by molar-refractivity contribution is 7.18. The van der Waals surface area contributed by atoms with Gasteiger partial charge in [-0.1, -0.05) is 47.6 Å². The largest absolute Gasteiger partial charge is 0.240 e. The van der Waals surface area contributed by atoms with Gasteiger partial charge in [0.1, 0.15) is 0 Å². The van der Waals surface area contributed by atoms with Crippen LogP contribution in [0, 0.1) is 0 Å². The van der Waals surface area contributed by atoms with E-state index in [1.807, 2.05) is 11.3 Å². The van der Waals surface area contributed by atoms with Gasteiger partial charge in [-0.25, -0.2) is 4.98 Å². The molecular weight excluding hydrogens is 274 g/mol. The molecule has 1 nitrogen and oxygen atoms in total. The highest BCUT2D eigenvalue weighted by Crippen LogP contribution is 2.46. The zero-order valence-corrected chi connectivity index (χ0v) is 15.0. The van der Waals surface area contributed by atoms with Crippen LogP contribution in [-0.2, 0) is 10.8 Å². The van der Waals surface area contributed by atoms with Crippen molar-refractivity contribution in [2.24, 2.45) is 0 Å². The highest BCUT2D eigenvalue weighted by Gasteiger charge is 2.30. The third-order valence-electron chi connectivity index (χ3n) is 4.85. The average Bonchev–Trinajstić information content (AvgIpc) is 3.14. The Morgan fingerprint density at radius 2 is 1.81 bits per heavy atom. The van der Waals surface area contributed by atoms with Gasteiger partial charge in [0.15, 0.2) is 0 Å². The average molecular weight is 301 g/mol. The maximum absolute atomic E-state index is 5.01. The van der Waals surface area contributed by atoms with Crippen LogP contribution in [0.3, 0.4) is 0 Å². The number of rotatable bonds is 3. The normalized spacial score (nSPS) is 16.7. The fourth-order valence-electron chi connectivity index (χ4n) is 2.68. The summed E-state index contributed by atoms with van der Waals surface area (Å²) in [6.07, 6.45) is 3.86. The van der Waals surface area contributed by atoms with Gasteiger partial charge in [-0.2, -0.15) is 0 Å². The second-order valence-corrected chi connectivity index (χ2v) is 9.22. The predicted octanol–water partition coefficient (Wildman–Crippen LogP) is 6.16. The third-order valence-corrected chi connectivity index (χ3v) is 6.28. The third kappa shape index (κ3) is 2.75. The summed E-state index contributed by atoms with van der Waals surface area (Å²) in [6.45, 7) is 13.8. The van der Waals surface area contributed by atoms with Crippen LogP contribution in [0.15, 0.2) is 12.1 Å². The second kappa shape index (κ2) is 4.81. The van der Waals surface area contributed by atoms with Crippen LogP contribution in [-0.4, -0.2) is 4.98 Å². The minimum absolute atomic E-state index is 0.144. The van der Waals surface area contributed by atoms with Gasteiger partial charge < -0.3 is 0 Å². The first-order valence-electron chi connectivity index (χ1n) is 8.18. The molecule has 1 heterocycles. The van der Waals surface area contributed by atoms with Gasteiger partial charge in [-0.3, -0.25) is 0 Å². The minimum atomic E-state index is 0.144. The summed E-state index contributed by atoms with van der Waals surface area (Å²) in [5.74, 6) is 0.759. The zero-order chi connectivity index (χ0) is 15.4. The summed E-state index contributed by atoms with van der Waals surface area (Å²) in [5.41, 5.74) is 4.68. The monoisotopic (exact) mass is 301 g/mol. The van der Waals surface area contributed by atoms with Crippen LogP contribution in [0.25, 0.3) is 10.2 Å². The molecule has 1 fully saturated rings. The molecule has 0 amide bonds. The molecule has 2 aromatic rings. The molecule has 1 aromatic carbocycles. The first kappa shape index (κ1) is 15.0. The van der Waals surface area contributed by atoms with E-state index in [9.17, 15) is 0 Å². The molecule has 1 aromatic heterocycles. The molecule has 3 rings (SSSR count). The Morgan fingerprint density at radius 3 is 2.33 bits per heavy atom. The Balaban J connectivity index is 2.21. The molecule has 1 saturated carbocycles. The topological polar surface area (TPSA) is 12.9 Å². The highest BCUT2D eigenvalue weighted by atomic mass is 32.1. The molecule has 0 spiro atoms. The molecule has 0 atom stereocenters. The molecule has 0 bridgehead atoms. The van der Waals surface area contributed by atoms with Crippen molar-refractivity contribution in [2.45, 2.75) is 77.6 Å². The van der Waals surface area contributed by atoms with Crippen LogP contribution in [0.2, 0.25) is 0 Å². The molecule has 0 unspecified atom stereocenters. The van der Waals surface area contributed by atoms with E-state index in [1.165, 1.54) is 45.6 Å². The Kier molecular flexibility index (Phi) is 3.44. The van der Waals surface area contributed by atoms with Gasteiger partial charge in [-0.15, -0.1) is 11.3 Å². The number of thiazole rings is 1. The Labute approximate surface area is 132 Å². The molecule has 0 radical (unpaired) electrons. The molecule has 1 aliphatic rings. The van der Waals surface area contributed by atoms with Crippen molar-refractivity contribution in [1.82, 2.24) is 4.98 Å². The molecule has 1 aliphatic carbocycles. The van der Waals surface area contributed by atoms with Crippen LogP contribution in [0.1, 0.15) is 82.9 Å². The van der Waals surface area contributed by atoms with E-state index in [2.05, 4.69) is 53.7 Å². The van der Waals surface area contributed by atoms with Gasteiger partial charge >= 0.3 is 0 Å². The fourth-order valence-corrected chi connectivity index (χ4v) is 3.77. The van der Waals surface area contributed by atoms with Crippen LogP contribution in [0.5, 0.6) is 0 Å². The van der Waals surface area contributed by atoms with Gasteiger partial charge in [0.25, 0.3) is 0 Å².